The Labute approximate surface area is 148 Å². The smallest absolute Gasteiger partial charge is 0.151 e. The minimum absolute atomic E-state index is 0.520. The maximum absolute atomic E-state index is 11.7. The van der Waals surface area contributed by atoms with E-state index in [4.69, 9.17) is 0 Å². The molecule has 0 N–H and O–H groups in total. The van der Waals surface area contributed by atoms with Crippen molar-refractivity contribution < 1.29 is 4.79 Å². The minimum atomic E-state index is 0.520. The molecule has 0 radical (unpaired) electrons. The number of piperidine rings is 1. The molecule has 2 aromatic rings. The third kappa shape index (κ3) is 2.62. The van der Waals surface area contributed by atoms with Crippen LogP contribution in [0.4, 0.5) is 5.69 Å². The van der Waals surface area contributed by atoms with E-state index in [1.807, 2.05) is 6.07 Å². The number of rotatable bonds is 2. The van der Waals surface area contributed by atoms with Gasteiger partial charge in [0.1, 0.15) is 6.07 Å². The van der Waals surface area contributed by atoms with Crippen molar-refractivity contribution in [2.45, 2.75) is 32.6 Å². The maximum atomic E-state index is 11.7. The van der Waals surface area contributed by atoms with Gasteiger partial charge in [-0.05, 0) is 59.9 Å². The molecule has 1 aliphatic heterocycles. The van der Waals surface area contributed by atoms with Crippen molar-refractivity contribution >= 4 is 12.0 Å². The number of hydrogen-bond acceptors (Lipinski definition) is 3. The van der Waals surface area contributed by atoms with Gasteiger partial charge in [0.2, 0.25) is 0 Å². The summed E-state index contributed by atoms with van der Waals surface area (Å²) >= 11 is 0. The first-order valence-electron chi connectivity index (χ1n) is 9.11. The average molecular weight is 330 g/mol. The largest absolute Gasteiger partial charge is 0.370 e. The Hall–Kier alpha value is -2.60. The van der Waals surface area contributed by atoms with E-state index in [1.165, 1.54) is 16.7 Å². The van der Waals surface area contributed by atoms with Gasteiger partial charge in [0, 0.05) is 18.7 Å². The van der Waals surface area contributed by atoms with Crippen LogP contribution >= 0.6 is 0 Å². The summed E-state index contributed by atoms with van der Waals surface area (Å²) in [5.74, 6) is 0.729. The monoisotopic (exact) mass is 330 g/mol. The highest BCUT2D eigenvalue weighted by atomic mass is 16.1. The Balaban J connectivity index is 1.94. The molecule has 2 aromatic carbocycles. The van der Waals surface area contributed by atoms with Gasteiger partial charge in [0.15, 0.2) is 6.29 Å². The molecule has 2 aliphatic rings. The van der Waals surface area contributed by atoms with Crippen LogP contribution in [0.15, 0.2) is 30.3 Å². The summed E-state index contributed by atoms with van der Waals surface area (Å²) in [6.07, 6.45) is 5.04. The number of aryl methyl sites for hydroxylation is 1. The van der Waals surface area contributed by atoms with Crippen LogP contribution in [0.25, 0.3) is 11.1 Å². The van der Waals surface area contributed by atoms with E-state index in [0.717, 1.165) is 62.2 Å². The van der Waals surface area contributed by atoms with Crippen molar-refractivity contribution in [1.82, 2.24) is 0 Å². The molecule has 126 valence electrons. The topological polar surface area (TPSA) is 44.1 Å². The quantitative estimate of drug-likeness (QED) is 0.768. The van der Waals surface area contributed by atoms with Crippen molar-refractivity contribution in [3.05, 3.63) is 52.6 Å². The normalized spacial score (nSPS) is 16.7. The third-order valence-electron chi connectivity index (χ3n) is 5.73. The summed E-state index contributed by atoms with van der Waals surface area (Å²) < 4.78 is 0. The summed E-state index contributed by atoms with van der Waals surface area (Å²) in [6, 6.07) is 12.7. The highest BCUT2D eigenvalue weighted by molar-refractivity contribution is 5.91. The van der Waals surface area contributed by atoms with E-state index in [2.05, 4.69) is 42.2 Å². The Morgan fingerprint density at radius 3 is 2.64 bits per heavy atom. The zero-order chi connectivity index (χ0) is 17.4. The zero-order valence-electron chi connectivity index (χ0n) is 14.6. The molecule has 1 aliphatic carbocycles. The Morgan fingerprint density at radius 2 is 1.92 bits per heavy atom. The van der Waals surface area contributed by atoms with Crippen LogP contribution in [0.5, 0.6) is 0 Å². The van der Waals surface area contributed by atoms with Gasteiger partial charge in [0.05, 0.1) is 11.3 Å². The lowest BCUT2D eigenvalue weighted by Gasteiger charge is -2.36. The fraction of sp³-hybridized carbons (Fsp3) is 0.364. The molecule has 1 heterocycles. The van der Waals surface area contributed by atoms with Gasteiger partial charge in [-0.1, -0.05) is 31.2 Å². The van der Waals surface area contributed by atoms with E-state index in [9.17, 15) is 10.1 Å². The van der Waals surface area contributed by atoms with Crippen LogP contribution in [-0.2, 0) is 12.8 Å². The predicted octanol–water partition coefficient (Wildman–Crippen LogP) is 4.37. The van der Waals surface area contributed by atoms with Crippen LogP contribution in [-0.4, -0.2) is 19.4 Å². The molecule has 0 atom stereocenters. The first-order valence-corrected chi connectivity index (χ1v) is 9.11. The van der Waals surface area contributed by atoms with Crippen LogP contribution in [0.2, 0.25) is 0 Å². The lowest BCUT2D eigenvalue weighted by Crippen LogP contribution is -2.34. The molecule has 3 nitrogen and oxygen atoms in total. The average Bonchev–Trinajstić information content (AvgIpc) is 2.67. The number of carbonyl (C=O) groups excluding carboxylic acids is 1. The first-order chi connectivity index (χ1) is 12.2. The number of carbonyl (C=O) groups is 1. The van der Waals surface area contributed by atoms with Crippen molar-refractivity contribution in [1.29, 1.82) is 5.26 Å². The van der Waals surface area contributed by atoms with Gasteiger partial charge >= 0.3 is 0 Å². The molecule has 1 fully saturated rings. The van der Waals surface area contributed by atoms with Crippen LogP contribution in [0.1, 0.15) is 46.8 Å². The molecule has 4 rings (SSSR count). The van der Waals surface area contributed by atoms with Gasteiger partial charge in [-0.3, -0.25) is 4.79 Å². The molecular weight excluding hydrogens is 308 g/mol. The molecule has 0 spiro atoms. The Kier molecular flexibility index (Phi) is 4.05. The fourth-order valence-electron chi connectivity index (χ4n) is 4.28. The minimum Gasteiger partial charge on any atom is -0.370 e. The van der Waals surface area contributed by atoms with Crippen LogP contribution in [0.3, 0.4) is 0 Å². The maximum Gasteiger partial charge on any atom is 0.151 e. The van der Waals surface area contributed by atoms with Crippen molar-refractivity contribution in [3.8, 4) is 17.2 Å². The SMILES string of the molecule is CC1CCN(c2c(C#N)c(C=O)cc3c2CCc2ccccc2-3)CC1. The number of anilines is 1. The molecule has 0 saturated carbocycles. The van der Waals surface area contributed by atoms with Gasteiger partial charge in [-0.25, -0.2) is 0 Å². The van der Waals surface area contributed by atoms with E-state index < -0.39 is 0 Å². The van der Waals surface area contributed by atoms with Crippen molar-refractivity contribution in [2.75, 3.05) is 18.0 Å². The number of benzene rings is 2. The van der Waals surface area contributed by atoms with Gasteiger partial charge in [0.25, 0.3) is 0 Å². The summed E-state index contributed by atoms with van der Waals surface area (Å²) in [5.41, 5.74) is 7.02. The first kappa shape index (κ1) is 15.9. The lowest BCUT2D eigenvalue weighted by atomic mass is 9.81. The number of hydrogen-bond donors (Lipinski definition) is 0. The second-order valence-corrected chi connectivity index (χ2v) is 7.27. The van der Waals surface area contributed by atoms with Gasteiger partial charge in [-0.2, -0.15) is 5.26 Å². The fourth-order valence-corrected chi connectivity index (χ4v) is 4.28. The second-order valence-electron chi connectivity index (χ2n) is 7.27. The Morgan fingerprint density at radius 1 is 1.16 bits per heavy atom. The van der Waals surface area contributed by atoms with E-state index in [0.29, 0.717) is 11.1 Å². The molecular formula is C22H22N2O. The third-order valence-corrected chi connectivity index (χ3v) is 5.73. The van der Waals surface area contributed by atoms with Crippen molar-refractivity contribution in [2.24, 2.45) is 5.92 Å². The van der Waals surface area contributed by atoms with Crippen LogP contribution < -0.4 is 4.90 Å². The number of aldehydes is 1. The summed E-state index contributed by atoms with van der Waals surface area (Å²) in [4.78, 5) is 14.0. The lowest BCUT2D eigenvalue weighted by molar-refractivity contribution is 0.112. The molecule has 0 amide bonds. The highest BCUT2D eigenvalue weighted by Crippen LogP contribution is 2.42. The summed E-state index contributed by atoms with van der Waals surface area (Å²) in [6.45, 7) is 4.22. The number of fused-ring (bicyclic) bond motifs is 3. The standard InChI is InChI=1S/C22H22N2O/c1-15-8-10-24(11-9-15)22-19-7-6-16-4-2-3-5-18(16)20(19)12-17(14-25)21(22)13-23/h2-5,12,14-15H,6-11H2,1H3. The molecule has 0 bridgehead atoms. The van der Waals surface area contributed by atoms with E-state index in [1.54, 1.807) is 0 Å². The predicted molar refractivity (Wildman–Crippen MR) is 100.0 cm³/mol. The van der Waals surface area contributed by atoms with E-state index in [-0.39, 0.29) is 0 Å². The summed E-state index contributed by atoms with van der Waals surface area (Å²) in [5, 5.41) is 9.77. The number of nitrogens with zero attached hydrogens (tertiary/aromatic N) is 2. The molecule has 0 aromatic heterocycles. The summed E-state index contributed by atoms with van der Waals surface area (Å²) in [7, 11) is 0. The zero-order valence-corrected chi connectivity index (χ0v) is 14.6. The van der Waals surface area contributed by atoms with Crippen molar-refractivity contribution in [3.63, 3.8) is 0 Å². The van der Waals surface area contributed by atoms with Crippen LogP contribution in [0, 0.1) is 17.2 Å². The molecule has 25 heavy (non-hydrogen) atoms. The van der Waals surface area contributed by atoms with Gasteiger partial charge in [-0.15, -0.1) is 0 Å². The van der Waals surface area contributed by atoms with Gasteiger partial charge < -0.3 is 4.90 Å². The molecule has 1 saturated heterocycles. The molecule has 0 unspecified atom stereocenters. The second kappa shape index (κ2) is 6.37. The Bertz CT molecular complexity index is 870. The van der Waals surface area contributed by atoms with E-state index >= 15 is 0 Å². The molecule has 3 heteroatoms. The number of nitriles is 1. The highest BCUT2D eigenvalue weighted by Gasteiger charge is 2.28.